The number of furan rings is 1. The monoisotopic (exact) mass is 399 g/mol. The van der Waals surface area contributed by atoms with E-state index in [9.17, 15) is 9.18 Å². The van der Waals surface area contributed by atoms with Crippen LogP contribution in [0.15, 0.2) is 52.1 Å². The Balaban J connectivity index is 1.57. The van der Waals surface area contributed by atoms with E-state index in [-0.39, 0.29) is 11.5 Å². The van der Waals surface area contributed by atoms with Crippen molar-refractivity contribution in [1.29, 1.82) is 0 Å². The Kier molecular flexibility index (Phi) is 4.68. The zero-order valence-corrected chi connectivity index (χ0v) is 15.8. The van der Waals surface area contributed by atoms with E-state index in [1.807, 2.05) is 6.92 Å². The number of aliphatic imine (C=N–C) groups is 1. The molecule has 9 heteroatoms. The average molecular weight is 399 g/mol. The molecule has 28 heavy (non-hydrogen) atoms. The second kappa shape index (κ2) is 7.16. The molecule has 1 aromatic carbocycles. The first-order chi connectivity index (χ1) is 13.4. The lowest BCUT2D eigenvalue weighted by molar-refractivity contribution is 0.102. The predicted molar refractivity (Wildman–Crippen MR) is 107 cm³/mol. The van der Waals surface area contributed by atoms with Crippen LogP contribution in [0.2, 0.25) is 0 Å². The van der Waals surface area contributed by atoms with Crippen molar-refractivity contribution in [2.24, 2.45) is 10.7 Å². The number of amides is 1. The summed E-state index contributed by atoms with van der Waals surface area (Å²) in [7, 11) is 0. The Morgan fingerprint density at radius 3 is 3.00 bits per heavy atom. The van der Waals surface area contributed by atoms with E-state index in [1.165, 1.54) is 30.2 Å². The Morgan fingerprint density at radius 1 is 1.39 bits per heavy atom. The molecule has 1 aliphatic heterocycles. The molecule has 3 aromatic rings. The predicted octanol–water partition coefficient (Wildman–Crippen LogP) is 3.73. The van der Waals surface area contributed by atoms with Crippen LogP contribution in [0.25, 0.3) is 11.5 Å². The molecule has 4 rings (SSSR count). The molecule has 4 N–H and O–H groups in total. The first-order valence-electron chi connectivity index (χ1n) is 8.63. The lowest BCUT2D eigenvalue weighted by atomic mass is 9.89. The van der Waals surface area contributed by atoms with Crippen molar-refractivity contribution in [3.8, 4) is 11.5 Å². The van der Waals surface area contributed by atoms with E-state index < -0.39 is 11.4 Å². The average Bonchev–Trinajstić information content (AvgIpc) is 3.34. The number of amidine groups is 1. The zero-order chi connectivity index (χ0) is 19.7. The number of H-pyrrole nitrogens is 1. The molecular formula is C19H18FN5O2S. The second-order valence-electron chi connectivity index (χ2n) is 6.62. The minimum atomic E-state index is -0.765. The number of anilines is 1. The van der Waals surface area contributed by atoms with E-state index in [2.05, 4.69) is 20.5 Å². The SMILES string of the molecule is CC1(c2cc(NC(=O)c3cc(-c4ccco4)[nH]n3)ccc2F)CCSC(N)=N1. The molecule has 0 radical (unpaired) electrons. The highest BCUT2D eigenvalue weighted by Gasteiger charge is 2.32. The third-order valence-electron chi connectivity index (χ3n) is 4.60. The molecule has 7 nitrogen and oxygen atoms in total. The number of benzene rings is 1. The van der Waals surface area contributed by atoms with Gasteiger partial charge < -0.3 is 15.5 Å². The van der Waals surface area contributed by atoms with Crippen molar-refractivity contribution in [3.05, 3.63) is 59.7 Å². The summed E-state index contributed by atoms with van der Waals surface area (Å²) < 4.78 is 19.8. The van der Waals surface area contributed by atoms with Gasteiger partial charge in [0.15, 0.2) is 16.6 Å². The number of nitrogens with two attached hydrogens (primary N) is 1. The third kappa shape index (κ3) is 3.53. The molecular weight excluding hydrogens is 381 g/mol. The third-order valence-corrected chi connectivity index (χ3v) is 5.39. The number of nitrogens with zero attached hydrogens (tertiary/aromatic N) is 2. The van der Waals surface area contributed by atoms with Gasteiger partial charge in [-0.05, 0) is 43.7 Å². The molecule has 0 spiro atoms. The molecule has 3 heterocycles. The van der Waals surface area contributed by atoms with Crippen LogP contribution >= 0.6 is 11.8 Å². The molecule has 0 fully saturated rings. The summed E-state index contributed by atoms with van der Waals surface area (Å²) in [6.07, 6.45) is 2.19. The van der Waals surface area contributed by atoms with Crippen LogP contribution in [0.1, 0.15) is 29.4 Å². The molecule has 1 amide bonds. The fourth-order valence-corrected chi connectivity index (χ4v) is 4.06. The largest absolute Gasteiger partial charge is 0.463 e. The minimum Gasteiger partial charge on any atom is -0.463 e. The fraction of sp³-hybridized carbons (Fsp3) is 0.211. The number of hydrogen-bond acceptors (Lipinski definition) is 6. The number of nitrogens with one attached hydrogen (secondary N) is 2. The van der Waals surface area contributed by atoms with Gasteiger partial charge in [-0.2, -0.15) is 5.10 Å². The van der Waals surface area contributed by atoms with E-state index in [1.54, 1.807) is 24.3 Å². The molecule has 0 saturated carbocycles. The van der Waals surface area contributed by atoms with Gasteiger partial charge in [-0.15, -0.1) is 0 Å². The summed E-state index contributed by atoms with van der Waals surface area (Å²) in [6, 6.07) is 9.52. The summed E-state index contributed by atoms with van der Waals surface area (Å²) in [5.41, 5.74) is 6.71. The lowest BCUT2D eigenvalue weighted by Gasteiger charge is -2.30. The van der Waals surface area contributed by atoms with E-state index in [0.29, 0.717) is 34.3 Å². The van der Waals surface area contributed by atoms with Crippen LogP contribution < -0.4 is 11.1 Å². The Morgan fingerprint density at radius 2 is 2.25 bits per heavy atom. The molecule has 2 aromatic heterocycles. The molecule has 1 atom stereocenters. The number of carbonyl (C=O) groups excluding carboxylic acids is 1. The molecule has 144 valence electrons. The number of rotatable bonds is 4. The number of aromatic amines is 1. The summed E-state index contributed by atoms with van der Waals surface area (Å²) >= 11 is 1.45. The van der Waals surface area contributed by atoms with E-state index in [0.717, 1.165) is 5.75 Å². The Hall–Kier alpha value is -3.07. The molecule has 1 aliphatic rings. The Labute approximate surface area is 164 Å². The quantitative estimate of drug-likeness (QED) is 0.619. The van der Waals surface area contributed by atoms with Crippen LogP contribution in [-0.2, 0) is 5.54 Å². The van der Waals surface area contributed by atoms with Gasteiger partial charge in [0.25, 0.3) is 5.91 Å². The lowest BCUT2D eigenvalue weighted by Crippen LogP contribution is -2.29. The smallest absolute Gasteiger partial charge is 0.276 e. The van der Waals surface area contributed by atoms with Crippen molar-refractivity contribution >= 4 is 28.5 Å². The molecule has 0 saturated heterocycles. The standard InChI is InChI=1S/C19H18FN5O2S/c1-19(6-8-28-18(21)23-19)12-9-11(4-5-13(12)20)22-17(26)15-10-14(24-25-15)16-3-2-7-27-16/h2-5,7,9-10H,6,8H2,1H3,(H2,21,23)(H,22,26)(H,24,25). The summed E-state index contributed by atoms with van der Waals surface area (Å²) in [5.74, 6) is 0.530. The van der Waals surface area contributed by atoms with Gasteiger partial charge in [0.2, 0.25) is 0 Å². The first-order valence-corrected chi connectivity index (χ1v) is 9.62. The van der Waals surface area contributed by atoms with Crippen LogP contribution in [-0.4, -0.2) is 27.0 Å². The van der Waals surface area contributed by atoms with Crippen LogP contribution in [0, 0.1) is 5.82 Å². The first kappa shape index (κ1) is 18.3. The maximum absolute atomic E-state index is 14.5. The topological polar surface area (TPSA) is 109 Å². The van der Waals surface area contributed by atoms with Gasteiger partial charge in [-0.1, -0.05) is 11.8 Å². The summed E-state index contributed by atoms with van der Waals surface area (Å²) in [4.78, 5) is 17.0. The highest BCUT2D eigenvalue weighted by atomic mass is 32.2. The molecule has 0 bridgehead atoms. The normalized spacial score (nSPS) is 19.3. The van der Waals surface area contributed by atoms with Gasteiger partial charge >= 0.3 is 0 Å². The van der Waals surface area contributed by atoms with E-state index in [4.69, 9.17) is 10.2 Å². The number of thioether (sulfide) groups is 1. The molecule has 0 aliphatic carbocycles. The van der Waals surface area contributed by atoms with E-state index >= 15 is 0 Å². The number of aromatic nitrogens is 2. The minimum absolute atomic E-state index is 0.194. The highest BCUT2D eigenvalue weighted by molar-refractivity contribution is 8.13. The van der Waals surface area contributed by atoms with Gasteiger partial charge in [0, 0.05) is 23.1 Å². The number of carbonyl (C=O) groups is 1. The van der Waals surface area contributed by atoms with Crippen molar-refractivity contribution in [3.63, 3.8) is 0 Å². The summed E-state index contributed by atoms with van der Waals surface area (Å²) in [6.45, 7) is 1.84. The second-order valence-corrected chi connectivity index (χ2v) is 7.73. The van der Waals surface area contributed by atoms with Crippen LogP contribution in [0.5, 0.6) is 0 Å². The van der Waals surface area contributed by atoms with Gasteiger partial charge in [-0.25, -0.2) is 4.39 Å². The molecule has 1 unspecified atom stereocenters. The summed E-state index contributed by atoms with van der Waals surface area (Å²) in [5, 5.41) is 9.95. The van der Waals surface area contributed by atoms with Crippen LogP contribution in [0.3, 0.4) is 0 Å². The number of hydrogen-bond donors (Lipinski definition) is 3. The van der Waals surface area contributed by atoms with Crippen LogP contribution in [0.4, 0.5) is 10.1 Å². The maximum Gasteiger partial charge on any atom is 0.276 e. The Bertz CT molecular complexity index is 1050. The van der Waals surface area contributed by atoms with Gasteiger partial charge in [0.1, 0.15) is 11.5 Å². The zero-order valence-electron chi connectivity index (χ0n) is 15.0. The van der Waals surface area contributed by atoms with Crippen molar-refractivity contribution in [2.45, 2.75) is 18.9 Å². The highest BCUT2D eigenvalue weighted by Crippen LogP contribution is 2.37. The van der Waals surface area contributed by atoms with Crippen molar-refractivity contribution in [2.75, 3.05) is 11.1 Å². The van der Waals surface area contributed by atoms with Crippen molar-refractivity contribution < 1.29 is 13.6 Å². The number of halogens is 1. The van der Waals surface area contributed by atoms with Gasteiger partial charge in [0.05, 0.1) is 11.8 Å². The van der Waals surface area contributed by atoms with Crippen molar-refractivity contribution in [1.82, 2.24) is 10.2 Å². The van der Waals surface area contributed by atoms with Gasteiger partial charge in [-0.3, -0.25) is 14.9 Å². The maximum atomic E-state index is 14.5. The fourth-order valence-electron chi connectivity index (χ4n) is 3.09.